The molecule has 0 spiro atoms. The SMILES string of the molecule is CC(C)C(C)(C)CNC(=O)c1cc(Br)ccc1O. The first-order chi connectivity index (χ1) is 8.24. The highest BCUT2D eigenvalue weighted by atomic mass is 79.9. The number of halogens is 1. The third kappa shape index (κ3) is 3.73. The van der Waals surface area contributed by atoms with E-state index < -0.39 is 0 Å². The van der Waals surface area contributed by atoms with E-state index in [-0.39, 0.29) is 17.1 Å². The number of hydrogen-bond donors (Lipinski definition) is 2. The molecule has 1 amide bonds. The van der Waals surface area contributed by atoms with Crippen molar-refractivity contribution in [2.45, 2.75) is 27.7 Å². The smallest absolute Gasteiger partial charge is 0.255 e. The van der Waals surface area contributed by atoms with Crippen LogP contribution in [0.15, 0.2) is 22.7 Å². The van der Waals surface area contributed by atoms with Gasteiger partial charge >= 0.3 is 0 Å². The molecule has 0 saturated heterocycles. The zero-order valence-corrected chi connectivity index (χ0v) is 12.8. The molecular weight excluding hydrogens is 294 g/mol. The van der Waals surface area contributed by atoms with E-state index in [4.69, 9.17) is 0 Å². The van der Waals surface area contributed by atoms with Gasteiger partial charge in [-0.2, -0.15) is 0 Å². The molecule has 0 unspecified atom stereocenters. The number of aromatic hydroxyl groups is 1. The molecule has 0 aromatic heterocycles. The van der Waals surface area contributed by atoms with E-state index in [9.17, 15) is 9.90 Å². The van der Waals surface area contributed by atoms with Gasteiger partial charge in [0.2, 0.25) is 0 Å². The van der Waals surface area contributed by atoms with Crippen molar-refractivity contribution in [1.29, 1.82) is 0 Å². The third-order valence-corrected chi connectivity index (χ3v) is 3.96. The first-order valence-electron chi connectivity index (χ1n) is 6.01. The van der Waals surface area contributed by atoms with E-state index in [0.29, 0.717) is 18.0 Å². The first-order valence-corrected chi connectivity index (χ1v) is 6.80. The minimum Gasteiger partial charge on any atom is -0.507 e. The quantitative estimate of drug-likeness (QED) is 0.892. The van der Waals surface area contributed by atoms with Gasteiger partial charge in [0, 0.05) is 11.0 Å². The fourth-order valence-corrected chi connectivity index (χ4v) is 1.66. The maximum absolute atomic E-state index is 12.0. The molecule has 1 rings (SSSR count). The molecule has 18 heavy (non-hydrogen) atoms. The lowest BCUT2D eigenvalue weighted by molar-refractivity contribution is 0.0922. The van der Waals surface area contributed by atoms with Crippen LogP contribution in [0.3, 0.4) is 0 Å². The zero-order chi connectivity index (χ0) is 13.9. The Hall–Kier alpha value is -1.03. The maximum atomic E-state index is 12.0. The molecule has 4 heteroatoms. The Morgan fingerprint density at radius 2 is 2.06 bits per heavy atom. The molecule has 2 N–H and O–H groups in total. The van der Waals surface area contributed by atoms with E-state index in [2.05, 4.69) is 48.9 Å². The second-order valence-corrected chi connectivity index (χ2v) is 6.40. The van der Waals surface area contributed by atoms with Gasteiger partial charge in [-0.3, -0.25) is 4.79 Å². The van der Waals surface area contributed by atoms with Crippen LogP contribution in [0, 0.1) is 11.3 Å². The summed E-state index contributed by atoms with van der Waals surface area (Å²) in [6, 6.07) is 4.82. The van der Waals surface area contributed by atoms with Crippen molar-refractivity contribution in [2.75, 3.05) is 6.54 Å². The van der Waals surface area contributed by atoms with Gasteiger partial charge in [0.25, 0.3) is 5.91 Å². The average molecular weight is 314 g/mol. The number of amides is 1. The third-order valence-electron chi connectivity index (χ3n) is 3.47. The molecule has 0 bridgehead atoms. The van der Waals surface area contributed by atoms with Crippen LogP contribution in [0.5, 0.6) is 5.75 Å². The highest BCUT2D eigenvalue weighted by Crippen LogP contribution is 2.26. The number of phenolic OH excluding ortho intramolecular Hbond substituents is 1. The second kappa shape index (κ2) is 5.74. The lowest BCUT2D eigenvalue weighted by atomic mass is 9.81. The zero-order valence-electron chi connectivity index (χ0n) is 11.2. The highest BCUT2D eigenvalue weighted by Gasteiger charge is 2.23. The highest BCUT2D eigenvalue weighted by molar-refractivity contribution is 9.10. The Bertz CT molecular complexity index is 441. The van der Waals surface area contributed by atoms with Crippen LogP contribution >= 0.6 is 15.9 Å². The van der Waals surface area contributed by atoms with Crippen LogP contribution in [0.25, 0.3) is 0 Å². The van der Waals surface area contributed by atoms with Gasteiger partial charge < -0.3 is 10.4 Å². The summed E-state index contributed by atoms with van der Waals surface area (Å²) in [7, 11) is 0. The Morgan fingerprint density at radius 3 is 2.61 bits per heavy atom. The van der Waals surface area contributed by atoms with Gasteiger partial charge in [0.15, 0.2) is 0 Å². The average Bonchev–Trinajstić information content (AvgIpc) is 2.29. The number of phenols is 1. The molecule has 0 aliphatic heterocycles. The van der Waals surface area contributed by atoms with Gasteiger partial charge in [0.1, 0.15) is 5.75 Å². The summed E-state index contributed by atoms with van der Waals surface area (Å²) in [6.07, 6.45) is 0. The molecular formula is C14H20BrNO2. The molecule has 0 saturated carbocycles. The molecule has 0 atom stereocenters. The number of rotatable bonds is 4. The molecule has 1 aromatic carbocycles. The lowest BCUT2D eigenvalue weighted by Gasteiger charge is -2.29. The van der Waals surface area contributed by atoms with Crippen molar-refractivity contribution in [1.82, 2.24) is 5.32 Å². The summed E-state index contributed by atoms with van der Waals surface area (Å²) in [5.74, 6) is 0.217. The molecule has 0 fully saturated rings. The van der Waals surface area contributed by atoms with Gasteiger partial charge in [-0.1, -0.05) is 43.6 Å². The van der Waals surface area contributed by atoms with Crippen molar-refractivity contribution in [3.8, 4) is 5.75 Å². The molecule has 0 heterocycles. The standard InChI is InChI=1S/C14H20BrNO2/c1-9(2)14(3,4)8-16-13(18)11-7-10(15)5-6-12(11)17/h5-7,9,17H,8H2,1-4H3,(H,16,18). The fraction of sp³-hybridized carbons (Fsp3) is 0.500. The van der Waals surface area contributed by atoms with Crippen LogP contribution in [0.4, 0.5) is 0 Å². The van der Waals surface area contributed by atoms with E-state index in [1.807, 2.05) is 0 Å². The summed E-state index contributed by atoms with van der Waals surface area (Å²) in [4.78, 5) is 12.0. The molecule has 0 radical (unpaired) electrons. The maximum Gasteiger partial charge on any atom is 0.255 e. The summed E-state index contributed by atoms with van der Waals surface area (Å²) < 4.78 is 0.772. The summed E-state index contributed by atoms with van der Waals surface area (Å²) >= 11 is 3.29. The molecule has 0 aliphatic rings. The minimum atomic E-state index is -0.248. The minimum absolute atomic E-state index is 0.00180. The summed E-state index contributed by atoms with van der Waals surface area (Å²) in [5.41, 5.74) is 0.320. The van der Waals surface area contributed by atoms with E-state index >= 15 is 0 Å². The Balaban J connectivity index is 2.75. The second-order valence-electron chi connectivity index (χ2n) is 5.49. The topological polar surface area (TPSA) is 49.3 Å². The van der Waals surface area contributed by atoms with Crippen LogP contribution in [0.1, 0.15) is 38.1 Å². The van der Waals surface area contributed by atoms with E-state index in [1.165, 1.54) is 6.07 Å². The van der Waals surface area contributed by atoms with Gasteiger partial charge in [-0.15, -0.1) is 0 Å². The van der Waals surface area contributed by atoms with Crippen molar-refractivity contribution >= 4 is 21.8 Å². The van der Waals surface area contributed by atoms with Crippen molar-refractivity contribution in [2.24, 2.45) is 11.3 Å². The monoisotopic (exact) mass is 313 g/mol. The largest absolute Gasteiger partial charge is 0.507 e. The van der Waals surface area contributed by atoms with E-state index in [0.717, 1.165) is 4.47 Å². The summed E-state index contributed by atoms with van der Waals surface area (Å²) in [5, 5.41) is 12.5. The van der Waals surface area contributed by atoms with Crippen LogP contribution in [0.2, 0.25) is 0 Å². The number of carbonyl (C=O) groups is 1. The van der Waals surface area contributed by atoms with Crippen molar-refractivity contribution < 1.29 is 9.90 Å². The number of benzene rings is 1. The molecule has 3 nitrogen and oxygen atoms in total. The molecule has 1 aromatic rings. The molecule has 100 valence electrons. The Morgan fingerprint density at radius 1 is 1.44 bits per heavy atom. The van der Waals surface area contributed by atoms with Gasteiger partial charge in [-0.05, 0) is 29.5 Å². The first kappa shape index (κ1) is 15.0. The van der Waals surface area contributed by atoms with Crippen LogP contribution < -0.4 is 5.32 Å². The molecule has 0 aliphatic carbocycles. The number of hydrogen-bond acceptors (Lipinski definition) is 2. The van der Waals surface area contributed by atoms with Crippen molar-refractivity contribution in [3.05, 3.63) is 28.2 Å². The number of carbonyl (C=O) groups excluding carboxylic acids is 1. The van der Waals surface area contributed by atoms with Crippen molar-refractivity contribution in [3.63, 3.8) is 0 Å². The van der Waals surface area contributed by atoms with E-state index in [1.54, 1.807) is 12.1 Å². The predicted octanol–water partition coefficient (Wildman–Crippen LogP) is 3.57. The number of nitrogens with one attached hydrogen (secondary N) is 1. The summed E-state index contributed by atoms with van der Waals surface area (Å²) in [6.45, 7) is 9.05. The normalized spacial score (nSPS) is 11.7. The van der Waals surface area contributed by atoms with Crippen LogP contribution in [-0.2, 0) is 0 Å². The van der Waals surface area contributed by atoms with Gasteiger partial charge in [-0.25, -0.2) is 0 Å². The van der Waals surface area contributed by atoms with Gasteiger partial charge in [0.05, 0.1) is 5.56 Å². The fourth-order valence-electron chi connectivity index (χ4n) is 1.30. The van der Waals surface area contributed by atoms with Crippen LogP contribution in [-0.4, -0.2) is 17.6 Å². The predicted molar refractivity (Wildman–Crippen MR) is 76.8 cm³/mol. The lowest BCUT2D eigenvalue weighted by Crippen LogP contribution is -2.37. The Kier molecular flexibility index (Phi) is 4.79. The Labute approximate surface area is 117 Å².